The molecule has 1 aliphatic carbocycles. The molecule has 1 N–H and O–H groups in total. The second-order valence-electron chi connectivity index (χ2n) is 5.65. The Morgan fingerprint density at radius 1 is 1.05 bits per heavy atom. The van der Waals surface area contributed by atoms with Gasteiger partial charge < -0.3 is 5.11 Å². The molecule has 1 aromatic rings. The van der Waals surface area contributed by atoms with Crippen LogP contribution in [0.25, 0.3) is 0 Å². The second-order valence-corrected chi connectivity index (χ2v) is 5.65. The number of rotatable bonds is 3. The van der Waals surface area contributed by atoms with Crippen LogP contribution in [0.15, 0.2) is 18.2 Å². The average molecular weight is 308 g/mol. The van der Waals surface area contributed by atoms with Crippen LogP contribution < -0.4 is 0 Å². The first-order valence-corrected chi connectivity index (χ1v) is 6.97. The van der Waals surface area contributed by atoms with Crippen LogP contribution in [0.1, 0.15) is 31.2 Å². The summed E-state index contributed by atoms with van der Waals surface area (Å²) in [7, 11) is 0. The van der Waals surface area contributed by atoms with Crippen molar-refractivity contribution in [1.29, 1.82) is 0 Å². The molecular formula is C15H17F5O. The molecule has 0 heterocycles. The molecule has 118 valence electrons. The minimum atomic E-state index is -4.35. The van der Waals surface area contributed by atoms with Crippen molar-refractivity contribution in [2.75, 3.05) is 0 Å². The number of alkyl halides is 3. The van der Waals surface area contributed by atoms with Crippen LogP contribution in [0.5, 0.6) is 0 Å². The third kappa shape index (κ3) is 4.15. The van der Waals surface area contributed by atoms with Gasteiger partial charge in [0.25, 0.3) is 0 Å². The van der Waals surface area contributed by atoms with Gasteiger partial charge in [0.15, 0.2) is 0 Å². The van der Waals surface area contributed by atoms with E-state index in [-0.39, 0.29) is 24.8 Å². The fourth-order valence-corrected chi connectivity index (χ4v) is 3.15. The Bertz CT molecular complexity index is 465. The summed E-state index contributed by atoms with van der Waals surface area (Å²) in [6, 6.07) is 2.77. The predicted octanol–water partition coefficient (Wildman–Crippen LogP) is 4.24. The number of hydrogen-bond donors (Lipinski definition) is 1. The summed E-state index contributed by atoms with van der Waals surface area (Å²) in [5, 5.41) is 10.1. The zero-order chi connectivity index (χ0) is 15.6. The van der Waals surface area contributed by atoms with Crippen molar-refractivity contribution in [3.05, 3.63) is 35.4 Å². The summed E-state index contributed by atoms with van der Waals surface area (Å²) in [4.78, 5) is 0. The van der Waals surface area contributed by atoms with Gasteiger partial charge in [-0.05, 0) is 42.9 Å². The maximum Gasteiger partial charge on any atom is 0.392 e. The van der Waals surface area contributed by atoms with Gasteiger partial charge >= 0.3 is 6.18 Å². The Hall–Kier alpha value is -1.17. The number of hydrogen-bond acceptors (Lipinski definition) is 1. The van der Waals surface area contributed by atoms with E-state index >= 15 is 0 Å². The van der Waals surface area contributed by atoms with Crippen molar-refractivity contribution in [1.82, 2.24) is 0 Å². The van der Waals surface area contributed by atoms with Gasteiger partial charge in [-0.15, -0.1) is 0 Å². The molecule has 0 saturated heterocycles. The van der Waals surface area contributed by atoms with Gasteiger partial charge in [-0.3, -0.25) is 0 Å². The van der Waals surface area contributed by atoms with Crippen molar-refractivity contribution < 1.29 is 27.1 Å². The van der Waals surface area contributed by atoms with E-state index in [9.17, 15) is 27.1 Å². The summed E-state index contributed by atoms with van der Waals surface area (Å²) >= 11 is 0. The molecule has 0 aromatic heterocycles. The molecule has 1 aromatic carbocycles. The Kier molecular flexibility index (Phi) is 4.86. The second kappa shape index (κ2) is 6.30. The highest BCUT2D eigenvalue weighted by Gasteiger charge is 2.47. The molecule has 1 aliphatic rings. The van der Waals surface area contributed by atoms with Gasteiger partial charge in [-0.1, -0.05) is 12.8 Å². The molecule has 1 nitrogen and oxygen atoms in total. The fourth-order valence-electron chi connectivity index (χ4n) is 3.15. The number of benzene rings is 1. The summed E-state index contributed by atoms with van der Waals surface area (Å²) in [6.45, 7) is 0. The summed E-state index contributed by atoms with van der Waals surface area (Å²) in [6.07, 6.45) is -4.37. The first-order chi connectivity index (χ1) is 9.77. The minimum Gasteiger partial charge on any atom is -0.392 e. The molecule has 0 spiro atoms. The molecular weight excluding hydrogens is 291 g/mol. The van der Waals surface area contributed by atoms with Crippen LogP contribution in [0.2, 0.25) is 0 Å². The van der Waals surface area contributed by atoms with Crippen molar-refractivity contribution in [3.63, 3.8) is 0 Å². The highest BCUT2D eigenvalue weighted by molar-refractivity contribution is 5.19. The van der Waals surface area contributed by atoms with Crippen LogP contribution in [0.4, 0.5) is 22.0 Å². The molecule has 2 rings (SSSR count). The maximum atomic E-state index is 13.1. The zero-order valence-corrected chi connectivity index (χ0v) is 11.3. The lowest BCUT2D eigenvalue weighted by atomic mass is 9.74. The monoisotopic (exact) mass is 308 g/mol. The lowest BCUT2D eigenvalue weighted by Gasteiger charge is -2.36. The molecule has 6 heteroatoms. The first-order valence-electron chi connectivity index (χ1n) is 6.97. The van der Waals surface area contributed by atoms with Crippen molar-refractivity contribution in [3.8, 4) is 0 Å². The summed E-state index contributed by atoms with van der Waals surface area (Å²) in [5.41, 5.74) is 0.173. The Balaban J connectivity index is 2.12. The lowest BCUT2D eigenvalue weighted by Crippen LogP contribution is -2.40. The van der Waals surface area contributed by atoms with Crippen LogP contribution in [0, 0.1) is 23.5 Å². The molecule has 0 aliphatic heterocycles. The average Bonchev–Trinajstić information content (AvgIpc) is 2.36. The van der Waals surface area contributed by atoms with Crippen molar-refractivity contribution in [2.24, 2.45) is 11.8 Å². The van der Waals surface area contributed by atoms with Crippen molar-refractivity contribution >= 4 is 0 Å². The van der Waals surface area contributed by atoms with Gasteiger partial charge in [-0.2, -0.15) is 13.2 Å². The van der Waals surface area contributed by atoms with E-state index < -0.39 is 35.8 Å². The molecule has 21 heavy (non-hydrogen) atoms. The Labute approximate surface area is 119 Å². The Morgan fingerprint density at radius 2 is 1.62 bits per heavy atom. The molecule has 0 bridgehead atoms. The Morgan fingerprint density at radius 3 is 2.19 bits per heavy atom. The molecule has 0 amide bonds. The number of halogens is 5. The smallest absolute Gasteiger partial charge is 0.392 e. The summed E-state index contributed by atoms with van der Waals surface area (Å²) < 4.78 is 65.1. The predicted molar refractivity (Wildman–Crippen MR) is 67.6 cm³/mol. The highest BCUT2D eigenvalue weighted by atomic mass is 19.4. The standard InChI is InChI=1S/C15H17F5O/c16-10-5-9(6-11(17)8-10)7-14(21)12-3-1-2-4-13(12)15(18,19)20/h5-6,8,12-14,21H,1-4,7H2. The van der Waals surface area contributed by atoms with Gasteiger partial charge in [0.1, 0.15) is 11.6 Å². The normalized spacial score (nSPS) is 24.9. The van der Waals surface area contributed by atoms with E-state index in [1.54, 1.807) is 0 Å². The minimum absolute atomic E-state index is 0.00272. The molecule has 3 atom stereocenters. The SMILES string of the molecule is OC(Cc1cc(F)cc(F)c1)C1CCCCC1C(F)(F)F. The molecule has 0 radical (unpaired) electrons. The van der Waals surface area contributed by atoms with Gasteiger partial charge in [0.2, 0.25) is 0 Å². The third-order valence-corrected chi connectivity index (χ3v) is 4.10. The molecule has 1 saturated carbocycles. The van der Waals surface area contributed by atoms with E-state index in [4.69, 9.17) is 0 Å². The van der Waals surface area contributed by atoms with E-state index in [2.05, 4.69) is 0 Å². The maximum absolute atomic E-state index is 13.1. The number of aliphatic hydroxyl groups is 1. The molecule has 3 unspecified atom stereocenters. The van der Waals surface area contributed by atoms with Gasteiger partial charge in [0.05, 0.1) is 12.0 Å². The summed E-state index contributed by atoms with van der Waals surface area (Å²) in [5.74, 6) is -4.05. The topological polar surface area (TPSA) is 20.2 Å². The first kappa shape index (κ1) is 16.2. The van der Waals surface area contributed by atoms with E-state index in [1.165, 1.54) is 0 Å². The van der Waals surface area contributed by atoms with Crippen LogP contribution in [-0.4, -0.2) is 17.4 Å². The van der Waals surface area contributed by atoms with Crippen LogP contribution in [-0.2, 0) is 6.42 Å². The van der Waals surface area contributed by atoms with Gasteiger partial charge in [-0.25, -0.2) is 8.78 Å². The highest BCUT2D eigenvalue weighted by Crippen LogP contribution is 2.43. The quantitative estimate of drug-likeness (QED) is 0.828. The number of aliphatic hydroxyl groups excluding tert-OH is 1. The van der Waals surface area contributed by atoms with E-state index in [1.807, 2.05) is 0 Å². The third-order valence-electron chi connectivity index (χ3n) is 4.10. The van der Waals surface area contributed by atoms with Crippen LogP contribution >= 0.6 is 0 Å². The van der Waals surface area contributed by atoms with E-state index in [0.717, 1.165) is 12.1 Å². The van der Waals surface area contributed by atoms with Crippen LogP contribution in [0.3, 0.4) is 0 Å². The lowest BCUT2D eigenvalue weighted by molar-refractivity contribution is -0.206. The largest absolute Gasteiger partial charge is 0.392 e. The van der Waals surface area contributed by atoms with Crippen molar-refractivity contribution in [2.45, 2.75) is 44.4 Å². The molecule has 1 fully saturated rings. The zero-order valence-electron chi connectivity index (χ0n) is 11.3. The van der Waals surface area contributed by atoms with Gasteiger partial charge in [0, 0.05) is 6.07 Å². The fraction of sp³-hybridized carbons (Fsp3) is 0.600. The van der Waals surface area contributed by atoms with E-state index in [0.29, 0.717) is 18.9 Å².